The molecule has 146 valence electrons. The van der Waals surface area contributed by atoms with Crippen molar-refractivity contribution < 1.29 is 9.47 Å². The van der Waals surface area contributed by atoms with E-state index in [9.17, 15) is 0 Å². The molecule has 0 spiro atoms. The van der Waals surface area contributed by atoms with Crippen LogP contribution in [0.3, 0.4) is 0 Å². The molecule has 0 bridgehead atoms. The molecule has 2 nitrogen and oxygen atoms in total. The molecule has 1 saturated heterocycles. The number of benzene rings is 1. The summed E-state index contributed by atoms with van der Waals surface area (Å²) in [4.78, 5) is 0. The van der Waals surface area contributed by atoms with Crippen molar-refractivity contribution in [2.45, 2.75) is 90.1 Å². The Morgan fingerprint density at radius 1 is 0.962 bits per heavy atom. The van der Waals surface area contributed by atoms with E-state index < -0.39 is 0 Å². The summed E-state index contributed by atoms with van der Waals surface area (Å²) in [6.45, 7) is 3.75. The van der Waals surface area contributed by atoms with Crippen molar-refractivity contribution in [1.29, 1.82) is 0 Å². The van der Waals surface area contributed by atoms with E-state index in [0.717, 1.165) is 12.4 Å². The highest BCUT2D eigenvalue weighted by Gasteiger charge is 2.22. The average Bonchev–Trinajstić information content (AvgIpc) is 3.49. The van der Waals surface area contributed by atoms with E-state index in [-0.39, 0.29) is 0 Å². The van der Waals surface area contributed by atoms with Crippen LogP contribution in [0.1, 0.15) is 83.1 Å². The van der Waals surface area contributed by atoms with Gasteiger partial charge in [-0.05, 0) is 49.8 Å². The fraction of sp³-hybridized carbons (Fsp3) is 0.667. The molecule has 2 heteroatoms. The van der Waals surface area contributed by atoms with Crippen molar-refractivity contribution in [2.24, 2.45) is 0 Å². The fourth-order valence-corrected chi connectivity index (χ4v) is 3.26. The third-order valence-corrected chi connectivity index (χ3v) is 4.98. The number of rotatable bonds is 16. The van der Waals surface area contributed by atoms with Gasteiger partial charge in [0.05, 0.1) is 6.61 Å². The maximum Gasteiger partial charge on any atom is 0.119 e. The Morgan fingerprint density at radius 2 is 1.65 bits per heavy atom. The van der Waals surface area contributed by atoms with Gasteiger partial charge in [-0.15, -0.1) is 0 Å². The van der Waals surface area contributed by atoms with Gasteiger partial charge >= 0.3 is 0 Å². The van der Waals surface area contributed by atoms with Gasteiger partial charge in [0.1, 0.15) is 18.5 Å². The van der Waals surface area contributed by atoms with Crippen LogP contribution in [0.2, 0.25) is 0 Å². The molecule has 0 amide bonds. The van der Waals surface area contributed by atoms with Gasteiger partial charge in [-0.25, -0.2) is 0 Å². The molecule has 2 rings (SSSR count). The van der Waals surface area contributed by atoms with E-state index in [1.807, 2.05) is 6.07 Å². The molecule has 26 heavy (non-hydrogen) atoms. The van der Waals surface area contributed by atoms with Gasteiger partial charge in [-0.2, -0.15) is 0 Å². The molecule has 1 fully saturated rings. The standard InChI is InChI=1S/C24H38O2/c1-2-3-4-5-6-7-8-9-10-11-12-13-14-16-22-17-15-18-23(19-22)25-20-24-21-26-24/h3-4,15,17-19,24H,2,5-14,16,20-21H2,1H3/b4-3+. The second kappa shape index (κ2) is 13.9. The number of hydrogen-bond acceptors (Lipinski definition) is 2. The van der Waals surface area contributed by atoms with E-state index in [2.05, 4.69) is 37.3 Å². The minimum Gasteiger partial charge on any atom is -0.491 e. The van der Waals surface area contributed by atoms with E-state index in [0.29, 0.717) is 12.7 Å². The summed E-state index contributed by atoms with van der Waals surface area (Å²) in [6, 6.07) is 8.57. The lowest BCUT2D eigenvalue weighted by Gasteiger charge is -2.07. The predicted octanol–water partition coefficient (Wildman–Crippen LogP) is 6.87. The Morgan fingerprint density at radius 3 is 2.35 bits per heavy atom. The second-order valence-electron chi connectivity index (χ2n) is 7.51. The minimum absolute atomic E-state index is 0.330. The molecule has 1 heterocycles. The summed E-state index contributed by atoms with van der Waals surface area (Å²) >= 11 is 0. The van der Waals surface area contributed by atoms with Crippen molar-refractivity contribution >= 4 is 0 Å². The summed E-state index contributed by atoms with van der Waals surface area (Å²) in [7, 11) is 0. The summed E-state index contributed by atoms with van der Waals surface area (Å²) in [5, 5.41) is 0. The summed E-state index contributed by atoms with van der Waals surface area (Å²) in [6.07, 6.45) is 21.0. The lowest BCUT2D eigenvalue weighted by Crippen LogP contribution is -2.04. The zero-order valence-electron chi connectivity index (χ0n) is 16.8. The summed E-state index contributed by atoms with van der Waals surface area (Å²) < 4.78 is 10.9. The van der Waals surface area contributed by atoms with Gasteiger partial charge in [0, 0.05) is 0 Å². The first kappa shape index (κ1) is 21.0. The quantitative estimate of drug-likeness (QED) is 0.183. The Balaban J connectivity index is 1.39. The largest absolute Gasteiger partial charge is 0.491 e. The maximum atomic E-state index is 5.76. The van der Waals surface area contributed by atoms with Crippen LogP contribution in [0.5, 0.6) is 5.75 Å². The number of unbranched alkanes of at least 4 members (excludes halogenated alkanes) is 9. The first-order valence-corrected chi connectivity index (χ1v) is 10.9. The topological polar surface area (TPSA) is 21.8 Å². The van der Waals surface area contributed by atoms with E-state index in [1.54, 1.807) is 0 Å². The molecule has 1 atom stereocenters. The van der Waals surface area contributed by atoms with Crippen LogP contribution in [-0.2, 0) is 11.2 Å². The number of aryl methyl sites for hydroxylation is 1. The number of allylic oxidation sites excluding steroid dienone is 2. The molecule has 0 N–H and O–H groups in total. The highest BCUT2D eigenvalue weighted by atomic mass is 16.6. The van der Waals surface area contributed by atoms with Crippen molar-refractivity contribution in [3.05, 3.63) is 42.0 Å². The van der Waals surface area contributed by atoms with Crippen molar-refractivity contribution in [3.8, 4) is 5.75 Å². The van der Waals surface area contributed by atoms with Gasteiger partial charge in [0.15, 0.2) is 0 Å². The first-order chi connectivity index (χ1) is 12.9. The SMILES string of the molecule is CC/C=C/CCCCCCCCCCCc1cccc(OCC2CO2)c1. The number of hydrogen-bond donors (Lipinski definition) is 0. The normalized spacial score (nSPS) is 16.3. The van der Waals surface area contributed by atoms with Crippen LogP contribution in [0, 0.1) is 0 Å². The average molecular weight is 359 g/mol. The third-order valence-electron chi connectivity index (χ3n) is 4.98. The zero-order chi connectivity index (χ0) is 18.3. The number of epoxide rings is 1. The van der Waals surface area contributed by atoms with Crippen LogP contribution in [-0.4, -0.2) is 19.3 Å². The van der Waals surface area contributed by atoms with Crippen LogP contribution >= 0.6 is 0 Å². The van der Waals surface area contributed by atoms with E-state index in [1.165, 1.54) is 82.6 Å². The molecule has 0 aliphatic carbocycles. The molecule has 1 aliphatic rings. The Kier molecular flexibility index (Phi) is 11.2. The molecule has 1 aliphatic heterocycles. The van der Waals surface area contributed by atoms with E-state index in [4.69, 9.17) is 9.47 Å². The minimum atomic E-state index is 0.330. The molecule has 0 radical (unpaired) electrons. The molecule has 1 aromatic carbocycles. The van der Waals surface area contributed by atoms with Crippen LogP contribution in [0.15, 0.2) is 36.4 Å². The first-order valence-electron chi connectivity index (χ1n) is 10.9. The van der Waals surface area contributed by atoms with Gasteiger partial charge in [-0.1, -0.05) is 76.2 Å². The monoisotopic (exact) mass is 358 g/mol. The molecule has 1 unspecified atom stereocenters. The zero-order valence-corrected chi connectivity index (χ0v) is 16.8. The van der Waals surface area contributed by atoms with Gasteiger partial charge in [0.2, 0.25) is 0 Å². The van der Waals surface area contributed by atoms with Crippen molar-refractivity contribution in [2.75, 3.05) is 13.2 Å². The summed E-state index contributed by atoms with van der Waals surface area (Å²) in [5.74, 6) is 0.989. The van der Waals surface area contributed by atoms with Crippen molar-refractivity contribution in [1.82, 2.24) is 0 Å². The van der Waals surface area contributed by atoms with Crippen molar-refractivity contribution in [3.63, 3.8) is 0 Å². The lowest BCUT2D eigenvalue weighted by atomic mass is 10.0. The fourth-order valence-electron chi connectivity index (χ4n) is 3.26. The molecule has 1 aromatic rings. The molecular formula is C24H38O2. The number of ether oxygens (including phenoxy) is 2. The lowest BCUT2D eigenvalue weighted by molar-refractivity contribution is 0.263. The summed E-state index contributed by atoms with van der Waals surface area (Å²) in [5.41, 5.74) is 1.40. The van der Waals surface area contributed by atoms with Crippen LogP contribution in [0.4, 0.5) is 0 Å². The van der Waals surface area contributed by atoms with Gasteiger partial charge in [0.25, 0.3) is 0 Å². The second-order valence-corrected chi connectivity index (χ2v) is 7.51. The van der Waals surface area contributed by atoms with Crippen LogP contribution < -0.4 is 4.74 Å². The highest BCUT2D eigenvalue weighted by molar-refractivity contribution is 5.28. The predicted molar refractivity (Wildman–Crippen MR) is 111 cm³/mol. The van der Waals surface area contributed by atoms with Crippen LogP contribution in [0.25, 0.3) is 0 Å². The van der Waals surface area contributed by atoms with Gasteiger partial charge < -0.3 is 9.47 Å². The highest BCUT2D eigenvalue weighted by Crippen LogP contribution is 2.18. The Labute approximate surface area is 161 Å². The molecule has 0 aromatic heterocycles. The Hall–Kier alpha value is -1.28. The smallest absolute Gasteiger partial charge is 0.119 e. The third kappa shape index (κ3) is 10.7. The van der Waals surface area contributed by atoms with Gasteiger partial charge in [-0.3, -0.25) is 0 Å². The Bertz CT molecular complexity index is 491. The van der Waals surface area contributed by atoms with E-state index >= 15 is 0 Å². The molecule has 0 saturated carbocycles. The molecular weight excluding hydrogens is 320 g/mol. The maximum absolute atomic E-state index is 5.76.